The Morgan fingerprint density at radius 3 is 1.37 bits per heavy atom. The van der Waals surface area contributed by atoms with Gasteiger partial charge in [0.1, 0.15) is 23.3 Å². The summed E-state index contributed by atoms with van der Waals surface area (Å²) in [4.78, 5) is 60.4. The van der Waals surface area contributed by atoms with E-state index in [1.807, 2.05) is 82.1 Å². The Hall–Kier alpha value is -9.60. The number of anilines is 10. The van der Waals surface area contributed by atoms with Crippen LogP contribution >= 0.6 is 0 Å². The molecule has 2 fully saturated rings. The normalized spacial score (nSPS) is 16.5. The molecule has 0 saturated heterocycles. The fourth-order valence-corrected chi connectivity index (χ4v) is 10.6. The zero-order valence-corrected chi connectivity index (χ0v) is 51.0. The molecule has 2 aliphatic rings. The number of rotatable bonds is 19. The maximum atomic E-state index is 12.9. The van der Waals surface area contributed by atoms with E-state index in [1.54, 1.807) is 24.3 Å². The number of nitrogens with zero attached hydrogens (tertiary/aromatic N) is 8. The van der Waals surface area contributed by atoms with E-state index in [9.17, 15) is 19.2 Å². The minimum absolute atomic E-state index is 0.182. The number of benzene rings is 4. The summed E-state index contributed by atoms with van der Waals surface area (Å²) in [6, 6.07) is 34.0. The third kappa shape index (κ3) is 17.3. The average molecular weight is 1180 g/mol. The second-order valence-electron chi connectivity index (χ2n) is 23.0. The number of carboxylic acids is 1. The third-order valence-corrected chi connectivity index (χ3v) is 15.5. The molecular formula is C66H82N16O5. The molecule has 0 unspecified atom stereocenters. The molecule has 10 rings (SSSR count). The summed E-state index contributed by atoms with van der Waals surface area (Å²) >= 11 is 0. The van der Waals surface area contributed by atoms with Crippen LogP contribution in [0.1, 0.15) is 123 Å². The topological polar surface area (TPSA) is 266 Å². The maximum absolute atomic E-state index is 12.9. The second kappa shape index (κ2) is 29.5. The number of carbonyl (C=O) groups excluding carboxylic acids is 3. The fraction of sp³-hybridized carbons (Fsp3) is 0.333. The van der Waals surface area contributed by atoms with E-state index in [1.165, 1.54) is 43.2 Å². The van der Waals surface area contributed by atoms with Crippen LogP contribution in [0.4, 0.5) is 57.4 Å². The number of fused-ring (bicyclic) bond motifs is 2. The van der Waals surface area contributed by atoms with Gasteiger partial charge in [0.15, 0.2) is 11.3 Å². The first kappa shape index (κ1) is 63.4. The fourth-order valence-electron chi connectivity index (χ4n) is 10.6. The van der Waals surface area contributed by atoms with Crippen molar-refractivity contribution in [1.29, 1.82) is 0 Å². The summed E-state index contributed by atoms with van der Waals surface area (Å²) < 4.78 is 3.72. The molecule has 0 spiro atoms. The Balaban J connectivity index is 0.000000192. The predicted octanol–water partition coefficient (Wildman–Crippen LogP) is 12.2. The highest BCUT2D eigenvalue weighted by Gasteiger charge is 2.26. The van der Waals surface area contributed by atoms with Crippen molar-refractivity contribution >= 4 is 92.4 Å². The summed E-state index contributed by atoms with van der Waals surface area (Å²) in [7, 11) is 8.67. The van der Waals surface area contributed by atoms with Gasteiger partial charge in [0.2, 0.25) is 11.8 Å². The summed E-state index contributed by atoms with van der Waals surface area (Å²) in [5, 5.41) is 40.3. The van der Waals surface area contributed by atoms with Gasteiger partial charge in [-0.25, -0.2) is 14.8 Å². The number of aromatic nitrogens is 6. The van der Waals surface area contributed by atoms with E-state index < -0.39 is 5.97 Å². The predicted molar refractivity (Wildman–Crippen MR) is 350 cm³/mol. The van der Waals surface area contributed by atoms with Crippen molar-refractivity contribution in [1.82, 2.24) is 39.0 Å². The number of aromatic carboxylic acids is 1. The number of carboxylic acid groups (broad SMARTS) is 1. The molecule has 3 amide bonds. The van der Waals surface area contributed by atoms with Crippen molar-refractivity contribution < 1.29 is 24.3 Å². The molecule has 2 saturated carbocycles. The van der Waals surface area contributed by atoms with Gasteiger partial charge >= 0.3 is 5.97 Å². The number of amides is 3. The Morgan fingerprint density at radius 2 is 0.966 bits per heavy atom. The quantitative estimate of drug-likeness (QED) is 0.0269. The highest BCUT2D eigenvalue weighted by atomic mass is 16.4. The van der Waals surface area contributed by atoms with E-state index in [0.717, 1.165) is 107 Å². The summed E-state index contributed by atoms with van der Waals surface area (Å²) in [6.45, 7) is 15.4. The van der Waals surface area contributed by atoms with Gasteiger partial charge in [0.25, 0.3) is 5.91 Å². The lowest BCUT2D eigenvalue weighted by atomic mass is 9.90. The minimum atomic E-state index is -0.994. The molecule has 4 aromatic carbocycles. The van der Waals surface area contributed by atoms with Crippen LogP contribution in [-0.4, -0.2) is 120 Å². The van der Waals surface area contributed by atoms with Gasteiger partial charge in [0, 0.05) is 87.1 Å². The van der Waals surface area contributed by atoms with Crippen LogP contribution in [0.2, 0.25) is 0 Å². The van der Waals surface area contributed by atoms with Crippen molar-refractivity contribution in [2.24, 2.45) is 0 Å². The van der Waals surface area contributed by atoms with E-state index in [0.29, 0.717) is 52.7 Å². The standard InChI is InChI=1S/C33H40N8O2.C23H33N7.C10H9NO3/c1-6-31(42)37-24-12-10-22(11-13-24)33(43)38-26-9-7-8-25(18-26)36-30-19-29(35-23-14-16-27(17-15-23)40(4)5)39-32-28(21(2)3)20-34-41(30)32;1-15(2)20-14-25-30-22(27-18-7-5-6-16(24)12-18)13-21(28-23(20)30)26-17-8-10-19(11-9-17)29(3)4;1-2-9(12)11-8-5-3-7(4-6-8)10(13)14/h6-13,18-21,23,27,36H,1,14-17H2,2-5H3,(H,35,39)(H,37,42)(H,38,43);5-7,12-15,17,19,27H,8-11,24H2,1-4H3,(H,26,28);2-6H,1H2,(H,11,12)(H,13,14). The molecule has 4 aromatic heterocycles. The first-order valence-corrected chi connectivity index (χ1v) is 29.5. The number of nitrogens with one attached hydrogen (secondary N) is 7. The smallest absolute Gasteiger partial charge is 0.335 e. The van der Waals surface area contributed by atoms with Crippen LogP contribution in [0.5, 0.6) is 0 Å². The Bertz CT molecular complexity index is 3670. The first-order valence-electron chi connectivity index (χ1n) is 29.5. The van der Waals surface area contributed by atoms with Crippen molar-refractivity contribution in [3.8, 4) is 0 Å². The Morgan fingerprint density at radius 1 is 0.552 bits per heavy atom. The van der Waals surface area contributed by atoms with Crippen LogP contribution in [-0.2, 0) is 9.59 Å². The molecule has 10 N–H and O–H groups in total. The summed E-state index contributed by atoms with van der Waals surface area (Å²) in [5.41, 5.74) is 14.8. The van der Waals surface area contributed by atoms with Gasteiger partial charge < -0.3 is 57.9 Å². The number of hydrogen-bond donors (Lipinski definition) is 9. The Labute approximate surface area is 508 Å². The van der Waals surface area contributed by atoms with Crippen molar-refractivity contribution in [2.45, 2.75) is 115 Å². The first-order chi connectivity index (χ1) is 41.7. The summed E-state index contributed by atoms with van der Waals surface area (Å²) in [6.07, 6.45) is 15.4. The molecule has 0 atom stereocenters. The van der Waals surface area contributed by atoms with Crippen molar-refractivity contribution in [2.75, 3.05) is 71.1 Å². The SMILES string of the molecule is C=CC(=O)Nc1ccc(C(=O)Nc2cccc(Nc3cc(NC4CCC(N(C)C)CC4)nc4c(C(C)C)cnn34)c2)cc1.C=CC(=O)Nc1ccc(C(=O)O)cc1.CC(C)c1cnn2c(Nc3cccc(N)c3)cc(NC3CCC(N(C)C)CC3)nc12. The Kier molecular flexibility index (Phi) is 21.5. The molecule has 0 bridgehead atoms. The van der Waals surface area contributed by atoms with E-state index in [2.05, 4.69) is 126 Å². The lowest BCUT2D eigenvalue weighted by Gasteiger charge is -2.33. The van der Waals surface area contributed by atoms with Gasteiger partial charge in [-0.15, -0.1) is 0 Å². The van der Waals surface area contributed by atoms with Crippen molar-refractivity contribution in [3.63, 3.8) is 0 Å². The van der Waals surface area contributed by atoms with Crippen LogP contribution in [0, 0.1) is 0 Å². The molecule has 456 valence electrons. The van der Waals surface area contributed by atoms with Crippen LogP contribution < -0.4 is 43.0 Å². The largest absolute Gasteiger partial charge is 0.478 e. The van der Waals surface area contributed by atoms with Gasteiger partial charge in [0.05, 0.1) is 18.0 Å². The van der Waals surface area contributed by atoms with Gasteiger partial charge in [-0.05, 0) is 188 Å². The minimum Gasteiger partial charge on any atom is -0.478 e. The molecule has 2 aliphatic carbocycles. The van der Waals surface area contributed by atoms with E-state index in [4.69, 9.17) is 20.8 Å². The summed E-state index contributed by atoms with van der Waals surface area (Å²) in [5.74, 6) is 2.11. The molecule has 4 heterocycles. The van der Waals surface area contributed by atoms with Gasteiger partial charge in [-0.3, -0.25) is 14.4 Å². The zero-order chi connectivity index (χ0) is 62.3. The van der Waals surface area contributed by atoms with E-state index in [-0.39, 0.29) is 29.2 Å². The van der Waals surface area contributed by atoms with E-state index >= 15 is 0 Å². The monoisotopic (exact) mass is 1180 g/mol. The maximum Gasteiger partial charge on any atom is 0.335 e. The highest BCUT2D eigenvalue weighted by molar-refractivity contribution is 6.05. The number of carbonyl (C=O) groups is 4. The molecular weight excluding hydrogens is 1100 g/mol. The molecule has 21 heteroatoms. The lowest BCUT2D eigenvalue weighted by Crippen LogP contribution is -2.36. The van der Waals surface area contributed by atoms with Gasteiger partial charge in [-0.2, -0.15) is 19.2 Å². The molecule has 21 nitrogen and oxygen atoms in total. The second-order valence-corrected chi connectivity index (χ2v) is 23.0. The van der Waals surface area contributed by atoms with Crippen LogP contribution in [0.15, 0.2) is 147 Å². The molecule has 0 aliphatic heterocycles. The number of nitrogens with two attached hydrogens (primary N) is 1. The molecule has 0 radical (unpaired) electrons. The zero-order valence-electron chi connectivity index (χ0n) is 51.0. The highest BCUT2D eigenvalue weighted by Crippen LogP contribution is 2.32. The van der Waals surface area contributed by atoms with Crippen LogP contribution in [0.25, 0.3) is 11.3 Å². The molecule has 8 aromatic rings. The number of hydrogen-bond acceptors (Lipinski definition) is 15. The van der Waals surface area contributed by atoms with Crippen LogP contribution in [0.3, 0.4) is 0 Å². The van der Waals surface area contributed by atoms with Crippen molar-refractivity contribution in [3.05, 3.63) is 169 Å². The third-order valence-electron chi connectivity index (χ3n) is 15.5. The number of nitrogen functional groups attached to an aromatic ring is 1. The lowest BCUT2D eigenvalue weighted by molar-refractivity contribution is -0.112. The molecule has 87 heavy (non-hydrogen) atoms. The van der Waals surface area contributed by atoms with Gasteiger partial charge in [-0.1, -0.05) is 53.0 Å². The average Bonchev–Trinajstić information content (AvgIpc) is 1.88.